The van der Waals surface area contributed by atoms with Crippen LogP contribution in [0.4, 0.5) is 0 Å². The Bertz CT molecular complexity index is 4460. The quantitative estimate of drug-likeness (QED) is 0.162. The van der Waals surface area contributed by atoms with Crippen LogP contribution in [0, 0.1) is 0 Å². The molecule has 0 radical (unpaired) electrons. The van der Waals surface area contributed by atoms with Crippen molar-refractivity contribution in [2.24, 2.45) is 0 Å². The Morgan fingerprint density at radius 3 is 1.12 bits per heavy atom. The van der Waals surface area contributed by atoms with Crippen molar-refractivity contribution in [1.29, 1.82) is 0 Å². The summed E-state index contributed by atoms with van der Waals surface area (Å²) in [4.78, 5) is 0. The average molecular weight is 1080 g/mol. The molecule has 1 nitrogen and oxygen atoms in total. The number of halogens is 1. The van der Waals surface area contributed by atoms with Gasteiger partial charge in [0, 0.05) is 61.3 Å². The maximum absolute atomic E-state index is 3.51. The summed E-state index contributed by atoms with van der Waals surface area (Å²) < 4.78 is 8.96. The molecule has 0 N–H and O–H groups in total. The zero-order valence-corrected chi connectivity index (χ0v) is 45.1. The second-order valence-corrected chi connectivity index (χ2v) is 22.8. The lowest BCUT2D eigenvalue weighted by Crippen LogP contribution is -1.93. The van der Waals surface area contributed by atoms with E-state index in [1.807, 2.05) is 22.7 Å². The van der Waals surface area contributed by atoms with Crippen molar-refractivity contribution in [3.8, 4) is 61.3 Å². The van der Waals surface area contributed by atoms with E-state index in [2.05, 4.69) is 300 Å². The normalized spacial score (nSPS) is 11.6. The van der Waals surface area contributed by atoms with Crippen molar-refractivity contribution in [3.05, 3.63) is 295 Å². The smallest absolute Gasteiger partial charge is 0.0541 e. The number of rotatable bonds is 5. The van der Waals surface area contributed by atoms with Gasteiger partial charge in [-0.25, -0.2) is 0 Å². The molecule has 364 valence electrons. The SMILES string of the molecule is Brc1ccc2sc3ccccc3c2c1.c1ccc(-c2ccc3c(c2)-c2cc(-c4ccccc4)ccc2C3)cc1.c1ccc(-c2ccc3c(c2)c2cc(-c4ccccc4)ccc2n3-c2ccc3sc4ccccc4c3c2)cc1. The Labute approximate surface area is 464 Å². The van der Waals surface area contributed by atoms with Crippen LogP contribution >= 0.6 is 38.6 Å². The van der Waals surface area contributed by atoms with E-state index in [-0.39, 0.29) is 0 Å². The Hall–Kier alpha value is -8.64. The second-order valence-electron chi connectivity index (χ2n) is 19.7. The van der Waals surface area contributed by atoms with Gasteiger partial charge in [-0.05, 0) is 158 Å². The summed E-state index contributed by atoms with van der Waals surface area (Å²) in [5.74, 6) is 0. The van der Waals surface area contributed by atoms with Crippen LogP contribution in [0.2, 0.25) is 0 Å². The van der Waals surface area contributed by atoms with Gasteiger partial charge in [0.25, 0.3) is 0 Å². The third-order valence-electron chi connectivity index (χ3n) is 15.0. The predicted molar refractivity (Wildman–Crippen MR) is 337 cm³/mol. The lowest BCUT2D eigenvalue weighted by atomic mass is 9.96. The molecule has 0 unspecified atom stereocenters. The van der Waals surface area contributed by atoms with Gasteiger partial charge in [-0.3, -0.25) is 0 Å². The topological polar surface area (TPSA) is 4.93 Å². The maximum atomic E-state index is 3.51. The Morgan fingerprint density at radius 2 is 0.649 bits per heavy atom. The Morgan fingerprint density at radius 1 is 0.273 bits per heavy atom. The molecular weight excluding hydrogens is 1030 g/mol. The molecular formula is C73H48BrNS2. The van der Waals surface area contributed by atoms with Crippen LogP contribution in [-0.2, 0) is 6.42 Å². The van der Waals surface area contributed by atoms with Crippen LogP contribution in [-0.4, -0.2) is 4.57 Å². The molecule has 1 aliphatic rings. The van der Waals surface area contributed by atoms with Gasteiger partial charge in [-0.2, -0.15) is 0 Å². The van der Waals surface area contributed by atoms with Crippen LogP contribution in [0.5, 0.6) is 0 Å². The number of benzene rings is 12. The van der Waals surface area contributed by atoms with Gasteiger partial charge in [0.15, 0.2) is 0 Å². The molecule has 0 saturated heterocycles. The van der Waals surface area contributed by atoms with Crippen molar-refractivity contribution >= 4 is 101 Å². The summed E-state index contributed by atoms with van der Waals surface area (Å²) in [6.07, 6.45) is 1.04. The van der Waals surface area contributed by atoms with E-state index in [4.69, 9.17) is 0 Å². The third-order valence-corrected chi connectivity index (χ3v) is 17.8. The number of thiophene rings is 2. The molecule has 4 heteroatoms. The molecule has 77 heavy (non-hydrogen) atoms. The van der Waals surface area contributed by atoms with E-state index < -0.39 is 0 Å². The van der Waals surface area contributed by atoms with Gasteiger partial charge in [0.2, 0.25) is 0 Å². The largest absolute Gasteiger partial charge is 0.309 e. The molecule has 16 rings (SSSR count). The molecule has 1 aliphatic carbocycles. The van der Waals surface area contributed by atoms with E-state index in [1.54, 1.807) is 0 Å². The zero-order chi connectivity index (χ0) is 51.2. The maximum Gasteiger partial charge on any atom is 0.0541 e. The van der Waals surface area contributed by atoms with Crippen LogP contribution in [0.3, 0.4) is 0 Å². The van der Waals surface area contributed by atoms with Crippen molar-refractivity contribution in [3.63, 3.8) is 0 Å². The van der Waals surface area contributed by atoms with E-state index in [1.165, 1.54) is 135 Å². The summed E-state index contributed by atoms with van der Waals surface area (Å²) in [6.45, 7) is 0. The highest BCUT2D eigenvalue weighted by atomic mass is 79.9. The monoisotopic (exact) mass is 1080 g/mol. The number of nitrogens with zero attached hydrogens (tertiary/aromatic N) is 1. The molecule has 0 bridgehead atoms. The Balaban J connectivity index is 0.000000118. The number of hydrogen-bond acceptors (Lipinski definition) is 2. The first-order valence-corrected chi connectivity index (χ1v) is 28.5. The number of fused-ring (bicyclic) bond motifs is 12. The van der Waals surface area contributed by atoms with Crippen molar-refractivity contribution < 1.29 is 0 Å². The molecule has 0 spiro atoms. The van der Waals surface area contributed by atoms with Crippen molar-refractivity contribution in [2.45, 2.75) is 6.42 Å². The lowest BCUT2D eigenvalue weighted by Gasteiger charge is -2.09. The van der Waals surface area contributed by atoms with Crippen LogP contribution < -0.4 is 0 Å². The van der Waals surface area contributed by atoms with Crippen LogP contribution in [0.15, 0.2) is 284 Å². The van der Waals surface area contributed by atoms with Gasteiger partial charge in [-0.1, -0.05) is 210 Å². The van der Waals surface area contributed by atoms with Gasteiger partial charge in [0.05, 0.1) is 11.0 Å². The van der Waals surface area contributed by atoms with E-state index in [0.29, 0.717) is 0 Å². The first-order valence-electron chi connectivity index (χ1n) is 26.1. The second kappa shape index (κ2) is 20.1. The fourth-order valence-electron chi connectivity index (χ4n) is 11.3. The van der Waals surface area contributed by atoms with E-state index in [9.17, 15) is 0 Å². The molecule has 3 aromatic heterocycles. The molecule has 12 aromatic carbocycles. The number of aromatic nitrogens is 1. The highest BCUT2D eigenvalue weighted by Gasteiger charge is 2.20. The van der Waals surface area contributed by atoms with Crippen molar-refractivity contribution in [1.82, 2.24) is 4.57 Å². The minimum atomic E-state index is 1.04. The summed E-state index contributed by atoms with van der Waals surface area (Å²) in [6, 6.07) is 101. The fraction of sp³-hybridized carbons (Fsp3) is 0.0137. The highest BCUT2D eigenvalue weighted by Crippen LogP contribution is 2.43. The highest BCUT2D eigenvalue weighted by molar-refractivity contribution is 9.10. The van der Waals surface area contributed by atoms with Crippen LogP contribution in [0.1, 0.15) is 11.1 Å². The molecule has 0 atom stereocenters. The Kier molecular flexibility index (Phi) is 12.3. The van der Waals surface area contributed by atoms with Gasteiger partial charge in [-0.15, -0.1) is 22.7 Å². The van der Waals surface area contributed by atoms with Crippen LogP contribution in [0.25, 0.3) is 123 Å². The van der Waals surface area contributed by atoms with Gasteiger partial charge in [0.1, 0.15) is 0 Å². The predicted octanol–water partition coefficient (Wildman–Crippen LogP) is 21.9. The summed E-state index contributed by atoms with van der Waals surface area (Å²) in [5.41, 5.74) is 19.4. The van der Waals surface area contributed by atoms with Gasteiger partial charge < -0.3 is 4.57 Å². The molecule has 0 saturated carbocycles. The van der Waals surface area contributed by atoms with Gasteiger partial charge >= 0.3 is 0 Å². The third kappa shape index (κ3) is 8.94. The summed E-state index contributed by atoms with van der Waals surface area (Å²) >= 11 is 7.22. The first kappa shape index (κ1) is 46.9. The fourth-order valence-corrected chi connectivity index (χ4v) is 13.8. The van der Waals surface area contributed by atoms with E-state index in [0.717, 1.165) is 10.9 Å². The summed E-state index contributed by atoms with van der Waals surface area (Å²) in [7, 11) is 0. The zero-order valence-electron chi connectivity index (χ0n) is 41.9. The summed E-state index contributed by atoms with van der Waals surface area (Å²) in [5, 5.41) is 7.89. The number of hydrogen-bond donors (Lipinski definition) is 0. The lowest BCUT2D eigenvalue weighted by molar-refractivity contribution is 1.19. The molecule has 0 fully saturated rings. The first-order chi connectivity index (χ1) is 38.1. The van der Waals surface area contributed by atoms with E-state index >= 15 is 0 Å². The molecule has 3 heterocycles. The minimum Gasteiger partial charge on any atom is -0.309 e. The molecule has 15 aromatic rings. The standard InChI is InChI=1S/C36H23NS.C25H18.C12H7BrS/c1-3-9-24(10-4-1)26-15-18-33-30(21-26)31-22-27(25-11-5-2-6-12-25)16-19-34(31)37(33)28-17-20-36-32(23-28)29-13-7-8-14-35(29)38-36;1-3-7-18(8-4-1)20-11-13-22-15-23-14-12-21(17-25(23)24(22)16-20)19-9-5-2-6-10-19;13-8-5-6-12-10(7-8)9-3-1-2-4-11(9)14-12/h1-23H;1-14,16-17H,15H2;1-7H. The minimum absolute atomic E-state index is 1.04. The molecule has 0 aliphatic heterocycles. The average Bonchev–Trinajstić information content (AvgIpc) is 4.37. The molecule has 0 amide bonds. The van der Waals surface area contributed by atoms with Crippen molar-refractivity contribution in [2.75, 3.05) is 0 Å².